The minimum Gasteiger partial charge on any atom is -0.334 e. The Bertz CT molecular complexity index is 812. The van der Waals surface area contributed by atoms with Gasteiger partial charge in [0.05, 0.1) is 0 Å². The third-order valence-electron chi connectivity index (χ3n) is 4.45. The number of nitrogens with zero attached hydrogens (tertiary/aromatic N) is 2. The van der Waals surface area contributed by atoms with E-state index < -0.39 is 0 Å². The van der Waals surface area contributed by atoms with Gasteiger partial charge in [0.15, 0.2) is 0 Å². The highest BCUT2D eigenvalue weighted by Crippen LogP contribution is 2.17. The highest BCUT2D eigenvalue weighted by molar-refractivity contribution is 6.44. The first kappa shape index (κ1) is 20.2. The Balaban J connectivity index is 1.58. The number of carbonyl (C=O) groups excluding carboxylic acids is 2. The van der Waals surface area contributed by atoms with Gasteiger partial charge in [0.25, 0.3) is 11.8 Å². The van der Waals surface area contributed by atoms with Gasteiger partial charge in [0, 0.05) is 26.2 Å². The van der Waals surface area contributed by atoms with Crippen molar-refractivity contribution >= 4 is 47.2 Å². The lowest BCUT2D eigenvalue weighted by Crippen LogP contribution is -2.50. The van der Waals surface area contributed by atoms with Gasteiger partial charge < -0.3 is 9.80 Å². The second kappa shape index (κ2) is 9.58. The predicted octanol–water partition coefficient (Wildman–Crippen LogP) is 4.22. The molecule has 0 aliphatic carbocycles. The summed E-state index contributed by atoms with van der Waals surface area (Å²) < 4.78 is 0. The molecule has 144 valence electrons. The van der Waals surface area contributed by atoms with Crippen molar-refractivity contribution in [3.63, 3.8) is 0 Å². The van der Waals surface area contributed by atoms with Gasteiger partial charge >= 0.3 is 0 Å². The lowest BCUT2D eigenvalue weighted by Gasteiger charge is -2.34. The van der Waals surface area contributed by atoms with E-state index in [2.05, 4.69) is 0 Å². The van der Waals surface area contributed by atoms with Gasteiger partial charge in [0.2, 0.25) is 0 Å². The summed E-state index contributed by atoms with van der Waals surface area (Å²) in [6.07, 6.45) is 3.31. The summed E-state index contributed by atoms with van der Waals surface area (Å²) in [7, 11) is 0. The number of piperazine rings is 1. The first-order valence-electron chi connectivity index (χ1n) is 8.97. The first-order chi connectivity index (χ1) is 13.5. The zero-order chi connectivity index (χ0) is 19.9. The smallest absolute Gasteiger partial charge is 0.265 e. The van der Waals surface area contributed by atoms with E-state index in [1.165, 1.54) is 0 Å². The molecule has 4 nitrogen and oxygen atoms in total. The maximum atomic E-state index is 12.5. The van der Waals surface area contributed by atoms with E-state index in [1.807, 2.05) is 60.7 Å². The molecule has 1 heterocycles. The molecular weight excluding hydrogens is 395 g/mol. The third kappa shape index (κ3) is 5.24. The number of amides is 2. The van der Waals surface area contributed by atoms with Crippen LogP contribution in [0.1, 0.15) is 11.1 Å². The van der Waals surface area contributed by atoms with Gasteiger partial charge in [-0.25, -0.2) is 0 Å². The second-order valence-electron chi connectivity index (χ2n) is 6.39. The molecule has 0 aromatic heterocycles. The normalized spacial score (nSPS) is 15.5. The Kier molecular flexibility index (Phi) is 6.90. The van der Waals surface area contributed by atoms with E-state index in [1.54, 1.807) is 22.0 Å². The summed E-state index contributed by atoms with van der Waals surface area (Å²) in [5, 5.41) is 0.320. The number of hydrogen-bond acceptors (Lipinski definition) is 2. The molecular formula is C22H20Cl2N2O2. The molecule has 1 fully saturated rings. The third-order valence-corrected chi connectivity index (χ3v) is 4.99. The zero-order valence-electron chi connectivity index (χ0n) is 15.2. The molecule has 6 heteroatoms. The fraction of sp³-hybridized carbons (Fsp3) is 0.182. The van der Waals surface area contributed by atoms with Crippen LogP contribution in [0, 0.1) is 0 Å². The lowest BCUT2D eigenvalue weighted by molar-refractivity contribution is -0.134. The fourth-order valence-corrected chi connectivity index (χ4v) is 3.42. The molecule has 1 aliphatic rings. The van der Waals surface area contributed by atoms with Gasteiger partial charge in [-0.3, -0.25) is 9.59 Å². The molecule has 3 rings (SSSR count). The SMILES string of the molecule is O=C(/C(Cl)=C/c1ccccc1)N1CCN(C(=O)/C(Cl)=C/c2ccccc2)CC1. The van der Waals surface area contributed by atoms with Crippen molar-refractivity contribution in [3.8, 4) is 0 Å². The van der Waals surface area contributed by atoms with Gasteiger partial charge in [0.1, 0.15) is 10.1 Å². The van der Waals surface area contributed by atoms with Crippen molar-refractivity contribution in [2.45, 2.75) is 0 Å². The molecule has 2 aromatic rings. The van der Waals surface area contributed by atoms with Gasteiger partial charge in [-0.15, -0.1) is 0 Å². The minimum atomic E-state index is -0.233. The number of hydrogen-bond donors (Lipinski definition) is 0. The minimum absolute atomic E-state index is 0.160. The monoisotopic (exact) mass is 414 g/mol. The van der Waals surface area contributed by atoms with Gasteiger partial charge in [-0.2, -0.15) is 0 Å². The Morgan fingerprint density at radius 2 is 0.964 bits per heavy atom. The second-order valence-corrected chi connectivity index (χ2v) is 7.20. The van der Waals surface area contributed by atoms with Crippen molar-refractivity contribution in [1.82, 2.24) is 9.80 Å². The average molecular weight is 415 g/mol. The summed E-state index contributed by atoms with van der Waals surface area (Å²) in [5.74, 6) is -0.466. The summed E-state index contributed by atoms with van der Waals surface area (Å²) in [4.78, 5) is 28.4. The molecule has 1 saturated heterocycles. The van der Waals surface area contributed by atoms with Crippen LogP contribution >= 0.6 is 23.2 Å². The largest absolute Gasteiger partial charge is 0.334 e. The Morgan fingerprint density at radius 3 is 1.29 bits per heavy atom. The molecule has 0 atom stereocenters. The van der Waals surface area contributed by atoms with Crippen LogP contribution in [0.4, 0.5) is 0 Å². The van der Waals surface area contributed by atoms with Crippen LogP contribution in [0.15, 0.2) is 70.7 Å². The van der Waals surface area contributed by atoms with Gasteiger partial charge in [-0.1, -0.05) is 83.9 Å². The molecule has 0 bridgehead atoms. The molecule has 0 radical (unpaired) electrons. The highest BCUT2D eigenvalue weighted by atomic mass is 35.5. The molecule has 0 spiro atoms. The molecule has 28 heavy (non-hydrogen) atoms. The van der Waals surface area contributed by atoms with Gasteiger partial charge in [-0.05, 0) is 23.3 Å². The van der Waals surface area contributed by atoms with E-state index in [-0.39, 0.29) is 21.9 Å². The van der Waals surface area contributed by atoms with Crippen LogP contribution in [-0.2, 0) is 9.59 Å². The molecule has 1 aliphatic heterocycles. The van der Waals surface area contributed by atoms with E-state index in [0.29, 0.717) is 26.2 Å². The van der Waals surface area contributed by atoms with Crippen molar-refractivity contribution in [2.24, 2.45) is 0 Å². The fourth-order valence-electron chi connectivity index (χ4n) is 2.93. The molecule has 2 amide bonds. The van der Waals surface area contributed by atoms with Crippen LogP contribution in [-0.4, -0.2) is 47.8 Å². The standard InChI is InChI=1S/C22H20Cl2N2O2/c23-19(15-17-7-3-1-4-8-17)21(27)25-11-13-26(14-12-25)22(28)20(24)16-18-9-5-2-6-10-18/h1-10,15-16H,11-14H2/b19-15-,20-16-. The molecule has 2 aromatic carbocycles. The summed E-state index contributed by atoms with van der Waals surface area (Å²) >= 11 is 12.4. The Labute approximate surface area is 174 Å². The van der Waals surface area contributed by atoms with Crippen LogP contribution in [0.25, 0.3) is 12.2 Å². The van der Waals surface area contributed by atoms with E-state index in [9.17, 15) is 9.59 Å². The van der Waals surface area contributed by atoms with E-state index in [0.717, 1.165) is 11.1 Å². The first-order valence-corrected chi connectivity index (χ1v) is 9.73. The van der Waals surface area contributed by atoms with E-state index in [4.69, 9.17) is 23.2 Å². The number of halogens is 2. The number of benzene rings is 2. The molecule has 0 unspecified atom stereocenters. The Morgan fingerprint density at radius 1 is 0.643 bits per heavy atom. The van der Waals surface area contributed by atoms with Crippen molar-refractivity contribution in [3.05, 3.63) is 81.9 Å². The Hall–Kier alpha value is -2.56. The topological polar surface area (TPSA) is 40.6 Å². The summed E-state index contributed by atoms with van der Waals surface area (Å²) in [6, 6.07) is 18.9. The number of carbonyl (C=O) groups is 2. The van der Waals surface area contributed by atoms with Crippen molar-refractivity contribution in [2.75, 3.05) is 26.2 Å². The quantitative estimate of drug-likeness (QED) is 0.702. The van der Waals surface area contributed by atoms with Crippen molar-refractivity contribution in [1.29, 1.82) is 0 Å². The maximum Gasteiger partial charge on any atom is 0.265 e. The van der Waals surface area contributed by atoms with Crippen LogP contribution in [0.2, 0.25) is 0 Å². The van der Waals surface area contributed by atoms with E-state index >= 15 is 0 Å². The average Bonchev–Trinajstić information content (AvgIpc) is 2.74. The van der Waals surface area contributed by atoms with Crippen LogP contribution < -0.4 is 0 Å². The predicted molar refractivity (Wildman–Crippen MR) is 114 cm³/mol. The number of rotatable bonds is 4. The van der Waals surface area contributed by atoms with Crippen LogP contribution in [0.5, 0.6) is 0 Å². The highest BCUT2D eigenvalue weighted by Gasteiger charge is 2.26. The van der Waals surface area contributed by atoms with Crippen molar-refractivity contribution < 1.29 is 9.59 Å². The summed E-state index contributed by atoms with van der Waals surface area (Å²) in [6.45, 7) is 1.66. The maximum absolute atomic E-state index is 12.5. The molecule has 0 N–H and O–H groups in total. The van der Waals surface area contributed by atoms with Crippen LogP contribution in [0.3, 0.4) is 0 Å². The zero-order valence-corrected chi connectivity index (χ0v) is 16.7. The molecule has 0 saturated carbocycles. The summed E-state index contributed by atoms with van der Waals surface area (Å²) in [5.41, 5.74) is 1.74. The lowest BCUT2D eigenvalue weighted by atomic mass is 10.2.